The third-order valence-electron chi connectivity index (χ3n) is 5.66. The second-order valence-corrected chi connectivity index (χ2v) is 10.1. The average molecular weight is 460 g/mol. The van der Waals surface area contributed by atoms with Gasteiger partial charge in [0.1, 0.15) is 5.75 Å². The number of amides is 1. The van der Waals surface area contributed by atoms with E-state index in [4.69, 9.17) is 14.7 Å². The Labute approximate surface area is 188 Å². The van der Waals surface area contributed by atoms with Crippen molar-refractivity contribution in [1.29, 1.82) is 0 Å². The van der Waals surface area contributed by atoms with Crippen LogP contribution >= 0.6 is 0 Å². The summed E-state index contributed by atoms with van der Waals surface area (Å²) < 4.78 is 35.7. The fourth-order valence-corrected chi connectivity index (χ4v) is 5.75. The number of allylic oxidation sites excluding steroid dienone is 1. The maximum absolute atomic E-state index is 13.2. The van der Waals surface area contributed by atoms with Crippen molar-refractivity contribution in [2.75, 3.05) is 19.8 Å². The van der Waals surface area contributed by atoms with Gasteiger partial charge in [-0.05, 0) is 62.4 Å². The molecule has 2 N–H and O–H groups in total. The fourth-order valence-electron chi connectivity index (χ4n) is 3.81. The van der Waals surface area contributed by atoms with Gasteiger partial charge in [-0.3, -0.25) is 10.0 Å². The van der Waals surface area contributed by atoms with Crippen molar-refractivity contribution in [3.05, 3.63) is 65.7 Å². The van der Waals surface area contributed by atoms with E-state index < -0.39 is 20.5 Å². The van der Waals surface area contributed by atoms with Crippen molar-refractivity contribution < 1.29 is 27.9 Å². The van der Waals surface area contributed by atoms with Crippen molar-refractivity contribution in [1.82, 2.24) is 5.48 Å². The van der Waals surface area contributed by atoms with Gasteiger partial charge in [0.05, 0.1) is 11.5 Å². The second-order valence-electron chi connectivity index (χ2n) is 7.88. The summed E-state index contributed by atoms with van der Waals surface area (Å²) in [6.45, 7) is 2.85. The maximum Gasteiger partial charge on any atom is 0.265 e. The molecule has 0 unspecified atom stereocenters. The molecule has 1 aliphatic heterocycles. The molecule has 0 radical (unpaired) electrons. The van der Waals surface area contributed by atoms with Gasteiger partial charge in [-0.15, -0.1) is 0 Å². The average Bonchev–Trinajstić information content (AvgIpc) is 2.82. The number of hydrogen-bond acceptors (Lipinski definition) is 6. The standard InChI is InChI=1S/C24H29NO6S/c1-19(18-20-7-3-2-4-8-20)6-5-15-31-21-9-11-22(12-10-21)32(28,29)24(23(26)25-27)13-16-30-17-14-24/h2-4,7-12,18,27H,5-6,13-17H2,1H3,(H,25,26). The van der Waals surface area contributed by atoms with Gasteiger partial charge in [0.15, 0.2) is 14.6 Å². The lowest BCUT2D eigenvalue weighted by Crippen LogP contribution is -2.54. The number of carbonyl (C=O) groups is 1. The molecule has 2 aromatic carbocycles. The van der Waals surface area contributed by atoms with Crippen LogP contribution in [0.25, 0.3) is 6.08 Å². The van der Waals surface area contributed by atoms with E-state index in [0.29, 0.717) is 12.4 Å². The van der Waals surface area contributed by atoms with Crippen LogP contribution in [0.3, 0.4) is 0 Å². The Balaban J connectivity index is 1.59. The number of carbonyl (C=O) groups excluding carboxylic acids is 1. The molecule has 0 saturated carbocycles. The van der Waals surface area contributed by atoms with Gasteiger partial charge in [-0.2, -0.15) is 0 Å². The summed E-state index contributed by atoms with van der Waals surface area (Å²) in [6.07, 6.45) is 3.83. The van der Waals surface area contributed by atoms with Gasteiger partial charge in [0.2, 0.25) is 0 Å². The van der Waals surface area contributed by atoms with Crippen LogP contribution in [0.2, 0.25) is 0 Å². The smallest absolute Gasteiger partial charge is 0.265 e. The molecule has 0 aromatic heterocycles. The van der Waals surface area contributed by atoms with Crippen LogP contribution in [0, 0.1) is 0 Å². The normalized spacial score (nSPS) is 16.4. The summed E-state index contributed by atoms with van der Waals surface area (Å²) in [6, 6.07) is 16.2. The van der Waals surface area contributed by atoms with Crippen molar-refractivity contribution >= 4 is 21.8 Å². The molecular formula is C24H29NO6S. The van der Waals surface area contributed by atoms with E-state index in [-0.39, 0.29) is 31.0 Å². The first-order valence-electron chi connectivity index (χ1n) is 10.6. The molecule has 3 rings (SSSR count). The molecule has 0 aliphatic carbocycles. The minimum Gasteiger partial charge on any atom is -0.494 e. The summed E-state index contributed by atoms with van der Waals surface area (Å²) >= 11 is 0. The topological polar surface area (TPSA) is 102 Å². The predicted octanol–water partition coefficient (Wildman–Crippen LogP) is 3.78. The Morgan fingerprint density at radius 1 is 1.12 bits per heavy atom. The lowest BCUT2D eigenvalue weighted by atomic mass is 9.98. The molecule has 8 heteroatoms. The molecule has 0 atom stereocenters. The lowest BCUT2D eigenvalue weighted by Gasteiger charge is -2.34. The van der Waals surface area contributed by atoms with Crippen molar-refractivity contribution in [2.45, 2.75) is 42.2 Å². The van der Waals surface area contributed by atoms with Crippen LogP contribution in [-0.4, -0.2) is 44.1 Å². The van der Waals surface area contributed by atoms with Gasteiger partial charge in [-0.1, -0.05) is 42.0 Å². The largest absolute Gasteiger partial charge is 0.494 e. The highest BCUT2D eigenvalue weighted by Gasteiger charge is 2.52. The number of hydrogen-bond donors (Lipinski definition) is 2. The van der Waals surface area contributed by atoms with Crippen LogP contribution in [0.1, 0.15) is 38.2 Å². The molecule has 7 nitrogen and oxygen atoms in total. The number of benzene rings is 2. The Kier molecular flexibility index (Phi) is 8.06. The summed E-state index contributed by atoms with van der Waals surface area (Å²) in [7, 11) is -4.03. The molecule has 2 aromatic rings. The van der Waals surface area contributed by atoms with Crippen molar-refractivity contribution in [3.8, 4) is 5.75 Å². The first-order valence-corrected chi connectivity index (χ1v) is 12.1. The molecule has 1 fully saturated rings. The van der Waals surface area contributed by atoms with Crippen LogP contribution in [-0.2, 0) is 19.4 Å². The molecule has 0 spiro atoms. The SMILES string of the molecule is CC(=Cc1ccccc1)CCCOc1ccc(S(=O)(=O)C2(C(=O)NO)CCOCC2)cc1. The van der Waals surface area contributed by atoms with Crippen molar-refractivity contribution in [2.24, 2.45) is 0 Å². The van der Waals surface area contributed by atoms with E-state index in [0.717, 1.165) is 12.8 Å². The number of sulfone groups is 1. The zero-order valence-electron chi connectivity index (χ0n) is 18.1. The number of rotatable bonds is 9. The van der Waals surface area contributed by atoms with Crippen LogP contribution < -0.4 is 10.2 Å². The van der Waals surface area contributed by atoms with E-state index in [1.54, 1.807) is 12.1 Å². The van der Waals surface area contributed by atoms with Crippen LogP contribution in [0.15, 0.2) is 65.1 Å². The van der Waals surface area contributed by atoms with E-state index in [2.05, 4.69) is 25.1 Å². The second kappa shape index (κ2) is 10.8. The van der Waals surface area contributed by atoms with E-state index >= 15 is 0 Å². The third kappa shape index (κ3) is 5.38. The monoisotopic (exact) mass is 459 g/mol. The zero-order chi connectivity index (χ0) is 23.0. The van der Waals surface area contributed by atoms with E-state index in [1.807, 2.05) is 18.2 Å². The Hall–Kier alpha value is -2.68. The molecular weight excluding hydrogens is 430 g/mol. The van der Waals surface area contributed by atoms with E-state index in [9.17, 15) is 13.2 Å². The van der Waals surface area contributed by atoms with Gasteiger partial charge >= 0.3 is 0 Å². The predicted molar refractivity (Wildman–Crippen MR) is 121 cm³/mol. The number of ether oxygens (including phenoxy) is 2. The number of hydroxylamine groups is 1. The first kappa shape index (κ1) is 24.0. The Morgan fingerprint density at radius 3 is 2.41 bits per heavy atom. The summed E-state index contributed by atoms with van der Waals surface area (Å²) in [5.74, 6) is -0.374. The summed E-state index contributed by atoms with van der Waals surface area (Å²) in [5, 5.41) is 9.12. The molecule has 1 amide bonds. The number of nitrogens with one attached hydrogen (secondary N) is 1. The van der Waals surface area contributed by atoms with E-state index in [1.165, 1.54) is 28.7 Å². The van der Waals surface area contributed by atoms with Gasteiger partial charge in [-0.25, -0.2) is 13.9 Å². The Morgan fingerprint density at radius 2 is 1.78 bits per heavy atom. The highest BCUT2D eigenvalue weighted by molar-refractivity contribution is 7.93. The first-order chi connectivity index (χ1) is 15.4. The zero-order valence-corrected chi connectivity index (χ0v) is 18.9. The molecule has 0 bridgehead atoms. The molecule has 1 aliphatic rings. The minimum atomic E-state index is -4.03. The van der Waals surface area contributed by atoms with Crippen LogP contribution in [0.5, 0.6) is 5.75 Å². The van der Waals surface area contributed by atoms with Gasteiger partial charge < -0.3 is 9.47 Å². The fraction of sp³-hybridized carbons (Fsp3) is 0.375. The maximum atomic E-state index is 13.2. The minimum absolute atomic E-state index is 0.0111. The van der Waals surface area contributed by atoms with Crippen LogP contribution in [0.4, 0.5) is 0 Å². The highest BCUT2D eigenvalue weighted by Crippen LogP contribution is 2.35. The Bertz CT molecular complexity index is 1030. The molecule has 1 saturated heterocycles. The van der Waals surface area contributed by atoms with Gasteiger partial charge in [0.25, 0.3) is 5.91 Å². The van der Waals surface area contributed by atoms with Gasteiger partial charge in [0, 0.05) is 13.2 Å². The molecule has 32 heavy (non-hydrogen) atoms. The lowest BCUT2D eigenvalue weighted by molar-refractivity contribution is -0.134. The summed E-state index contributed by atoms with van der Waals surface area (Å²) in [5.41, 5.74) is 3.94. The molecule has 1 heterocycles. The molecule has 172 valence electrons. The third-order valence-corrected chi connectivity index (χ3v) is 8.18. The summed E-state index contributed by atoms with van der Waals surface area (Å²) in [4.78, 5) is 12.3. The quantitative estimate of drug-likeness (QED) is 0.336. The highest BCUT2D eigenvalue weighted by atomic mass is 32.2. The van der Waals surface area contributed by atoms with Crippen molar-refractivity contribution in [3.63, 3.8) is 0 Å².